The van der Waals surface area contributed by atoms with Crippen LogP contribution in [0.15, 0.2) is 24.3 Å². The van der Waals surface area contributed by atoms with Gasteiger partial charge in [-0.1, -0.05) is 30.7 Å². The second kappa shape index (κ2) is 6.68. The van der Waals surface area contributed by atoms with Crippen molar-refractivity contribution in [3.8, 4) is 0 Å². The molecule has 1 aromatic carbocycles. The third-order valence-electron chi connectivity index (χ3n) is 1.53. The van der Waals surface area contributed by atoms with Crippen molar-refractivity contribution in [2.24, 2.45) is 0 Å². The van der Waals surface area contributed by atoms with Gasteiger partial charge in [0.05, 0.1) is 17.2 Å². The Hall–Kier alpha value is -0.730. The van der Waals surface area contributed by atoms with Gasteiger partial charge in [-0.25, -0.2) is 4.79 Å². The number of benzene rings is 1. The van der Waals surface area contributed by atoms with Gasteiger partial charge >= 0.3 is 5.97 Å². The molecule has 0 heterocycles. The average molecular weight is 235 g/mol. The van der Waals surface area contributed by atoms with E-state index in [0.717, 1.165) is 6.42 Å². The maximum atomic E-state index is 11.3. The smallest absolute Gasteiger partial charge is 0.339 e. The monoisotopic (exact) mass is 234 g/mol. The number of carbonyl (C=O) groups is 1. The van der Waals surface area contributed by atoms with E-state index in [-0.39, 0.29) is 18.4 Å². The molecule has 78 valence electrons. The molecular weight excluding hydrogens is 223 g/mol. The summed E-state index contributed by atoms with van der Waals surface area (Å²) in [7, 11) is 0. The van der Waals surface area contributed by atoms with E-state index in [4.69, 9.17) is 16.3 Å². The molecule has 0 amide bonds. The molecular formula is C10H12Cl2O2. The van der Waals surface area contributed by atoms with E-state index in [1.54, 1.807) is 24.3 Å². The molecule has 2 nitrogen and oxygen atoms in total. The highest BCUT2D eigenvalue weighted by molar-refractivity contribution is 6.33. The Balaban J connectivity index is 0.00000169. The summed E-state index contributed by atoms with van der Waals surface area (Å²) in [4.78, 5) is 11.3. The summed E-state index contributed by atoms with van der Waals surface area (Å²) in [6, 6.07) is 6.86. The Bertz CT molecular complexity index is 300. The predicted octanol–water partition coefficient (Wildman–Crippen LogP) is 3.33. The molecule has 0 N–H and O–H groups in total. The van der Waals surface area contributed by atoms with Gasteiger partial charge in [0.1, 0.15) is 0 Å². The number of rotatable bonds is 3. The van der Waals surface area contributed by atoms with Crippen LogP contribution in [-0.2, 0) is 4.74 Å². The summed E-state index contributed by atoms with van der Waals surface area (Å²) < 4.78 is 4.93. The van der Waals surface area contributed by atoms with E-state index in [2.05, 4.69) is 0 Å². The van der Waals surface area contributed by atoms with Crippen LogP contribution in [0.25, 0.3) is 0 Å². The fraction of sp³-hybridized carbons (Fsp3) is 0.300. The van der Waals surface area contributed by atoms with Crippen molar-refractivity contribution in [2.75, 3.05) is 6.61 Å². The normalized spacial score (nSPS) is 9.00. The standard InChI is InChI=1S/C10H11ClO2.ClH/c1-2-7-13-10(12)8-5-3-4-6-9(8)11;/h3-6H,2,7H2,1H3;1H. The van der Waals surface area contributed by atoms with Gasteiger partial charge in [-0.2, -0.15) is 0 Å². The Morgan fingerprint density at radius 3 is 2.64 bits per heavy atom. The van der Waals surface area contributed by atoms with E-state index >= 15 is 0 Å². The van der Waals surface area contributed by atoms with Crippen LogP contribution in [0.5, 0.6) is 0 Å². The zero-order valence-corrected chi connectivity index (χ0v) is 9.40. The molecule has 0 atom stereocenters. The number of hydrogen-bond acceptors (Lipinski definition) is 2. The van der Waals surface area contributed by atoms with Crippen molar-refractivity contribution in [3.63, 3.8) is 0 Å². The number of halogens is 2. The third-order valence-corrected chi connectivity index (χ3v) is 1.86. The molecule has 0 aliphatic rings. The molecule has 0 unspecified atom stereocenters. The van der Waals surface area contributed by atoms with Crippen molar-refractivity contribution in [2.45, 2.75) is 13.3 Å². The lowest BCUT2D eigenvalue weighted by atomic mass is 10.2. The summed E-state index contributed by atoms with van der Waals surface area (Å²) in [6.45, 7) is 2.38. The minimum atomic E-state index is -0.354. The lowest BCUT2D eigenvalue weighted by Crippen LogP contribution is -2.06. The fourth-order valence-electron chi connectivity index (χ4n) is 0.899. The molecule has 0 aliphatic heterocycles. The van der Waals surface area contributed by atoms with Crippen LogP contribution >= 0.6 is 24.0 Å². The van der Waals surface area contributed by atoms with Gasteiger partial charge in [0.2, 0.25) is 0 Å². The fourth-order valence-corrected chi connectivity index (χ4v) is 1.11. The molecule has 0 spiro atoms. The molecule has 1 aromatic rings. The maximum absolute atomic E-state index is 11.3. The molecule has 0 aliphatic carbocycles. The molecule has 1 rings (SSSR count). The maximum Gasteiger partial charge on any atom is 0.339 e. The number of hydrogen-bond donors (Lipinski definition) is 0. The quantitative estimate of drug-likeness (QED) is 0.751. The summed E-state index contributed by atoms with van der Waals surface area (Å²) in [5, 5.41) is 0.434. The second-order valence-electron chi connectivity index (χ2n) is 2.62. The molecule has 0 saturated heterocycles. The topological polar surface area (TPSA) is 26.3 Å². The first-order valence-corrected chi connectivity index (χ1v) is 4.55. The largest absolute Gasteiger partial charge is 0.462 e. The lowest BCUT2D eigenvalue weighted by molar-refractivity contribution is 0.0505. The molecule has 4 heteroatoms. The van der Waals surface area contributed by atoms with Crippen molar-refractivity contribution in [1.29, 1.82) is 0 Å². The van der Waals surface area contributed by atoms with Crippen LogP contribution in [0, 0.1) is 0 Å². The zero-order valence-electron chi connectivity index (χ0n) is 7.83. The van der Waals surface area contributed by atoms with Gasteiger partial charge in [0, 0.05) is 0 Å². The van der Waals surface area contributed by atoms with Crippen molar-refractivity contribution in [3.05, 3.63) is 34.9 Å². The Morgan fingerprint density at radius 2 is 2.07 bits per heavy atom. The first-order valence-electron chi connectivity index (χ1n) is 4.17. The van der Waals surface area contributed by atoms with Crippen LogP contribution in [0.4, 0.5) is 0 Å². The average Bonchev–Trinajstić information content (AvgIpc) is 2.15. The van der Waals surface area contributed by atoms with Gasteiger partial charge in [0.25, 0.3) is 0 Å². The molecule has 14 heavy (non-hydrogen) atoms. The van der Waals surface area contributed by atoms with Crippen molar-refractivity contribution < 1.29 is 9.53 Å². The number of ether oxygens (including phenoxy) is 1. The van der Waals surface area contributed by atoms with Gasteiger partial charge in [0.15, 0.2) is 0 Å². The Labute approximate surface area is 94.6 Å². The SMILES string of the molecule is CCCOC(=O)c1ccccc1Cl.Cl. The Morgan fingerprint density at radius 1 is 1.43 bits per heavy atom. The predicted molar refractivity (Wildman–Crippen MR) is 59.3 cm³/mol. The molecule has 0 radical (unpaired) electrons. The highest BCUT2D eigenvalue weighted by Gasteiger charge is 2.09. The van der Waals surface area contributed by atoms with Crippen molar-refractivity contribution >= 4 is 30.0 Å². The van der Waals surface area contributed by atoms with Gasteiger partial charge in [-0.15, -0.1) is 12.4 Å². The lowest BCUT2D eigenvalue weighted by Gasteiger charge is -2.03. The first-order chi connectivity index (χ1) is 6.25. The molecule has 0 bridgehead atoms. The minimum Gasteiger partial charge on any atom is -0.462 e. The van der Waals surface area contributed by atoms with E-state index in [1.165, 1.54) is 0 Å². The summed E-state index contributed by atoms with van der Waals surface area (Å²) >= 11 is 5.80. The minimum absolute atomic E-state index is 0. The van der Waals surface area contributed by atoms with Gasteiger partial charge < -0.3 is 4.74 Å². The highest BCUT2D eigenvalue weighted by atomic mass is 35.5. The summed E-state index contributed by atoms with van der Waals surface area (Å²) in [5.41, 5.74) is 0.428. The van der Waals surface area contributed by atoms with Crippen LogP contribution < -0.4 is 0 Å². The van der Waals surface area contributed by atoms with E-state index in [9.17, 15) is 4.79 Å². The van der Waals surface area contributed by atoms with E-state index in [0.29, 0.717) is 17.2 Å². The molecule has 0 aromatic heterocycles. The van der Waals surface area contributed by atoms with Crippen molar-refractivity contribution in [1.82, 2.24) is 0 Å². The van der Waals surface area contributed by atoms with E-state index < -0.39 is 0 Å². The second-order valence-corrected chi connectivity index (χ2v) is 3.02. The summed E-state index contributed by atoms with van der Waals surface area (Å²) in [5.74, 6) is -0.354. The van der Waals surface area contributed by atoms with Gasteiger partial charge in [-0.3, -0.25) is 0 Å². The van der Waals surface area contributed by atoms with Crippen LogP contribution in [-0.4, -0.2) is 12.6 Å². The van der Waals surface area contributed by atoms with E-state index in [1.807, 2.05) is 6.92 Å². The van der Waals surface area contributed by atoms with Gasteiger partial charge in [-0.05, 0) is 18.6 Å². The highest BCUT2D eigenvalue weighted by Crippen LogP contribution is 2.15. The number of esters is 1. The third kappa shape index (κ3) is 3.56. The summed E-state index contributed by atoms with van der Waals surface area (Å²) in [6.07, 6.45) is 0.816. The molecule has 0 saturated carbocycles. The first kappa shape index (κ1) is 13.3. The molecule has 0 fully saturated rings. The van der Waals surface area contributed by atoms with Crippen LogP contribution in [0.2, 0.25) is 5.02 Å². The van der Waals surface area contributed by atoms with Crippen LogP contribution in [0.1, 0.15) is 23.7 Å². The Kier molecular flexibility index (Phi) is 6.34. The zero-order chi connectivity index (χ0) is 9.68. The van der Waals surface area contributed by atoms with Crippen LogP contribution in [0.3, 0.4) is 0 Å². The number of carbonyl (C=O) groups excluding carboxylic acids is 1.